The van der Waals surface area contributed by atoms with E-state index in [0.29, 0.717) is 6.42 Å². The summed E-state index contributed by atoms with van der Waals surface area (Å²) < 4.78 is 0. The lowest BCUT2D eigenvalue weighted by Gasteiger charge is -2.29. The van der Waals surface area contributed by atoms with Gasteiger partial charge >= 0.3 is 12.0 Å². The van der Waals surface area contributed by atoms with Crippen molar-refractivity contribution >= 4 is 12.0 Å². The summed E-state index contributed by atoms with van der Waals surface area (Å²) in [5.41, 5.74) is -0.944. The molecule has 0 rings (SSSR count). The van der Waals surface area contributed by atoms with Gasteiger partial charge in [0.1, 0.15) is 0 Å². The summed E-state index contributed by atoms with van der Waals surface area (Å²) >= 11 is 0. The Hall–Kier alpha value is -1.26. The van der Waals surface area contributed by atoms with Crippen LogP contribution in [0.3, 0.4) is 0 Å². The minimum absolute atomic E-state index is 0.00945. The number of urea groups is 1. The quantitative estimate of drug-likeness (QED) is 0.707. The molecule has 2 amide bonds. The largest absolute Gasteiger partial charge is 0.481 e. The van der Waals surface area contributed by atoms with Gasteiger partial charge in [-0.3, -0.25) is 4.79 Å². The smallest absolute Gasteiger partial charge is 0.315 e. The third kappa shape index (κ3) is 4.94. The van der Waals surface area contributed by atoms with Gasteiger partial charge in [-0.2, -0.15) is 0 Å². The van der Waals surface area contributed by atoms with Gasteiger partial charge in [-0.15, -0.1) is 0 Å². The van der Waals surface area contributed by atoms with Gasteiger partial charge in [0.05, 0.1) is 5.41 Å². The van der Waals surface area contributed by atoms with E-state index in [1.165, 1.54) is 0 Å². The fourth-order valence-corrected chi connectivity index (χ4v) is 1.09. The maximum Gasteiger partial charge on any atom is 0.315 e. The van der Waals surface area contributed by atoms with Crippen molar-refractivity contribution in [1.82, 2.24) is 10.6 Å². The van der Waals surface area contributed by atoms with Crippen molar-refractivity contribution in [3.05, 3.63) is 0 Å². The number of hydrogen-bond acceptors (Lipinski definition) is 2. The molecule has 0 aromatic carbocycles. The van der Waals surface area contributed by atoms with E-state index in [2.05, 4.69) is 10.6 Å². The molecule has 0 radical (unpaired) electrons. The van der Waals surface area contributed by atoms with Crippen molar-refractivity contribution in [2.75, 3.05) is 6.54 Å². The first-order chi connectivity index (χ1) is 8.03. The van der Waals surface area contributed by atoms with Gasteiger partial charge in [0.2, 0.25) is 0 Å². The fourth-order valence-electron chi connectivity index (χ4n) is 1.09. The van der Waals surface area contributed by atoms with Crippen LogP contribution in [0, 0.1) is 10.8 Å². The average molecular weight is 258 g/mol. The number of carboxylic acid groups (broad SMARTS) is 1. The van der Waals surface area contributed by atoms with Crippen LogP contribution in [0.2, 0.25) is 0 Å². The first-order valence-corrected chi connectivity index (χ1v) is 6.30. The predicted octanol–water partition coefficient (Wildman–Crippen LogP) is 2.22. The Morgan fingerprint density at radius 3 is 2.06 bits per heavy atom. The molecule has 3 N–H and O–H groups in total. The monoisotopic (exact) mass is 258 g/mol. The molecule has 0 aromatic heterocycles. The lowest BCUT2D eigenvalue weighted by atomic mass is 9.87. The molecular weight excluding hydrogens is 232 g/mol. The summed E-state index contributed by atoms with van der Waals surface area (Å²) in [5, 5.41) is 14.5. The zero-order chi connectivity index (χ0) is 14.6. The number of rotatable bonds is 5. The number of carboxylic acids is 1. The van der Waals surface area contributed by atoms with Crippen LogP contribution in [0.25, 0.3) is 0 Å². The highest BCUT2D eigenvalue weighted by Gasteiger charge is 2.31. The Labute approximate surface area is 109 Å². The fraction of sp³-hybridized carbons (Fsp3) is 0.846. The third-order valence-electron chi connectivity index (χ3n) is 3.58. The standard InChI is InChI=1S/C13H26N2O3/c1-7-13(6,10(16)17)8-14-11(18)15-9(2)12(3,4)5/h9H,7-8H2,1-6H3,(H,16,17)(H2,14,15,18). The molecule has 0 saturated carbocycles. The number of aliphatic carboxylic acids is 1. The number of hydrogen-bond donors (Lipinski definition) is 3. The summed E-state index contributed by atoms with van der Waals surface area (Å²) in [6.07, 6.45) is 0.470. The minimum atomic E-state index is -0.914. The molecule has 18 heavy (non-hydrogen) atoms. The van der Waals surface area contributed by atoms with E-state index in [-0.39, 0.29) is 24.0 Å². The van der Waals surface area contributed by atoms with Crippen LogP contribution in [-0.4, -0.2) is 29.7 Å². The van der Waals surface area contributed by atoms with Crippen LogP contribution >= 0.6 is 0 Å². The SMILES string of the molecule is CCC(C)(CNC(=O)NC(C)C(C)(C)C)C(=O)O. The highest BCUT2D eigenvalue weighted by atomic mass is 16.4. The maximum absolute atomic E-state index is 11.7. The topological polar surface area (TPSA) is 78.4 Å². The summed E-state index contributed by atoms with van der Waals surface area (Å²) in [7, 11) is 0. The van der Waals surface area contributed by atoms with E-state index >= 15 is 0 Å². The highest BCUT2D eigenvalue weighted by Crippen LogP contribution is 2.20. The van der Waals surface area contributed by atoms with Crippen molar-refractivity contribution in [3.8, 4) is 0 Å². The van der Waals surface area contributed by atoms with Gasteiger partial charge in [-0.25, -0.2) is 4.79 Å². The second kappa shape index (κ2) is 6.07. The van der Waals surface area contributed by atoms with Gasteiger partial charge in [-0.05, 0) is 25.7 Å². The first kappa shape index (κ1) is 16.7. The van der Waals surface area contributed by atoms with Crippen molar-refractivity contribution in [3.63, 3.8) is 0 Å². The van der Waals surface area contributed by atoms with E-state index < -0.39 is 11.4 Å². The zero-order valence-electron chi connectivity index (χ0n) is 12.3. The predicted molar refractivity (Wildman–Crippen MR) is 71.5 cm³/mol. The van der Waals surface area contributed by atoms with Crippen LogP contribution < -0.4 is 10.6 Å². The van der Waals surface area contributed by atoms with Crippen molar-refractivity contribution < 1.29 is 14.7 Å². The average Bonchev–Trinajstić information content (AvgIpc) is 2.24. The Morgan fingerprint density at radius 1 is 1.22 bits per heavy atom. The molecule has 0 aliphatic rings. The lowest BCUT2D eigenvalue weighted by molar-refractivity contribution is -0.147. The molecule has 0 aliphatic heterocycles. The van der Waals surface area contributed by atoms with Gasteiger partial charge in [0.15, 0.2) is 0 Å². The normalized spacial score (nSPS) is 16.6. The summed E-state index contributed by atoms with van der Waals surface area (Å²) in [4.78, 5) is 22.7. The summed E-state index contributed by atoms with van der Waals surface area (Å²) in [5.74, 6) is -0.894. The van der Waals surface area contributed by atoms with Crippen molar-refractivity contribution in [2.45, 2.75) is 54.0 Å². The molecule has 5 heteroatoms. The maximum atomic E-state index is 11.7. The highest BCUT2D eigenvalue weighted by molar-refractivity contribution is 5.77. The number of carbonyl (C=O) groups excluding carboxylic acids is 1. The second-order valence-corrected chi connectivity index (χ2v) is 6.13. The molecular formula is C13H26N2O3. The Balaban J connectivity index is 4.31. The van der Waals surface area contributed by atoms with E-state index in [0.717, 1.165) is 0 Å². The minimum Gasteiger partial charge on any atom is -0.481 e. The molecule has 0 bridgehead atoms. The molecule has 0 heterocycles. The van der Waals surface area contributed by atoms with Crippen LogP contribution in [0.15, 0.2) is 0 Å². The van der Waals surface area contributed by atoms with Crippen molar-refractivity contribution in [2.24, 2.45) is 10.8 Å². The van der Waals surface area contributed by atoms with E-state index in [9.17, 15) is 9.59 Å². The van der Waals surface area contributed by atoms with Crippen LogP contribution in [0.1, 0.15) is 48.0 Å². The molecule has 5 nitrogen and oxygen atoms in total. The molecule has 106 valence electrons. The van der Waals surface area contributed by atoms with Gasteiger partial charge in [0, 0.05) is 12.6 Å². The molecule has 2 unspecified atom stereocenters. The molecule has 0 fully saturated rings. The van der Waals surface area contributed by atoms with E-state index in [1.807, 2.05) is 27.7 Å². The van der Waals surface area contributed by atoms with E-state index in [1.54, 1.807) is 13.8 Å². The van der Waals surface area contributed by atoms with Crippen LogP contribution in [-0.2, 0) is 4.79 Å². The van der Waals surface area contributed by atoms with Gasteiger partial charge in [0.25, 0.3) is 0 Å². The Morgan fingerprint density at radius 2 is 1.72 bits per heavy atom. The molecule has 0 aliphatic carbocycles. The number of nitrogens with one attached hydrogen (secondary N) is 2. The van der Waals surface area contributed by atoms with Crippen LogP contribution in [0.5, 0.6) is 0 Å². The molecule has 0 aromatic rings. The summed E-state index contributed by atoms with van der Waals surface area (Å²) in [6, 6.07) is -0.312. The van der Waals surface area contributed by atoms with Gasteiger partial charge in [-0.1, -0.05) is 27.7 Å². The van der Waals surface area contributed by atoms with Crippen molar-refractivity contribution in [1.29, 1.82) is 0 Å². The van der Waals surface area contributed by atoms with E-state index in [4.69, 9.17) is 5.11 Å². The number of amides is 2. The molecule has 2 atom stereocenters. The zero-order valence-corrected chi connectivity index (χ0v) is 12.3. The van der Waals surface area contributed by atoms with Gasteiger partial charge < -0.3 is 15.7 Å². The molecule has 0 saturated heterocycles. The number of carbonyl (C=O) groups is 2. The van der Waals surface area contributed by atoms with Crippen LogP contribution in [0.4, 0.5) is 4.79 Å². The lowest BCUT2D eigenvalue weighted by Crippen LogP contribution is -2.49. The Bertz CT molecular complexity index is 310. The summed E-state index contributed by atoms with van der Waals surface area (Å²) in [6.45, 7) is 11.6. The third-order valence-corrected chi connectivity index (χ3v) is 3.58. The Kier molecular flexibility index (Phi) is 5.64. The second-order valence-electron chi connectivity index (χ2n) is 6.13. The first-order valence-electron chi connectivity index (χ1n) is 6.30. The molecule has 0 spiro atoms.